The fraction of sp³-hybridized carbons (Fsp3) is 0.786. The van der Waals surface area contributed by atoms with E-state index in [1.807, 2.05) is 13.0 Å². The lowest BCUT2D eigenvalue weighted by Crippen LogP contribution is -2.33. The Balaban J connectivity index is 2.25. The first-order valence-corrected chi connectivity index (χ1v) is 6.83. The number of carbonyl (C=O) groups is 1. The van der Waals surface area contributed by atoms with Crippen molar-refractivity contribution >= 4 is 5.97 Å². The van der Waals surface area contributed by atoms with Crippen LogP contribution in [-0.2, 0) is 4.79 Å². The molecule has 0 atom stereocenters. The molecular formula is C14H25NO2. The minimum atomic E-state index is -0.788. The fourth-order valence-electron chi connectivity index (χ4n) is 2.51. The van der Waals surface area contributed by atoms with Crippen molar-refractivity contribution in [2.45, 2.75) is 58.4 Å². The van der Waals surface area contributed by atoms with Crippen LogP contribution in [0.5, 0.6) is 0 Å². The van der Waals surface area contributed by atoms with Gasteiger partial charge in [-0.1, -0.05) is 26.3 Å². The van der Waals surface area contributed by atoms with E-state index in [1.165, 1.54) is 32.1 Å². The van der Waals surface area contributed by atoms with E-state index in [2.05, 4.69) is 12.2 Å². The Morgan fingerprint density at radius 1 is 1.29 bits per heavy atom. The molecule has 1 aliphatic carbocycles. The molecule has 0 saturated heterocycles. The maximum Gasteiger partial charge on any atom is 0.331 e. The van der Waals surface area contributed by atoms with Gasteiger partial charge in [-0.15, -0.1) is 0 Å². The van der Waals surface area contributed by atoms with E-state index in [0.29, 0.717) is 24.6 Å². The SMILES string of the molecule is CC/C(=C/CNC1CCC(CC)CC1)C(=O)O. The molecule has 98 valence electrons. The monoisotopic (exact) mass is 239 g/mol. The van der Waals surface area contributed by atoms with Crippen molar-refractivity contribution in [3.8, 4) is 0 Å². The second kappa shape index (κ2) is 7.49. The van der Waals surface area contributed by atoms with Gasteiger partial charge in [0, 0.05) is 18.2 Å². The highest BCUT2D eigenvalue weighted by atomic mass is 16.4. The highest BCUT2D eigenvalue weighted by molar-refractivity contribution is 5.86. The average molecular weight is 239 g/mol. The second-order valence-electron chi connectivity index (χ2n) is 4.92. The Labute approximate surface area is 104 Å². The predicted octanol–water partition coefficient (Wildman–Crippen LogP) is 2.97. The van der Waals surface area contributed by atoms with Crippen molar-refractivity contribution in [1.82, 2.24) is 5.32 Å². The Hall–Kier alpha value is -0.830. The molecule has 1 fully saturated rings. The molecule has 0 heterocycles. The number of hydrogen-bond donors (Lipinski definition) is 2. The topological polar surface area (TPSA) is 49.3 Å². The molecule has 0 spiro atoms. The Morgan fingerprint density at radius 2 is 1.94 bits per heavy atom. The summed E-state index contributed by atoms with van der Waals surface area (Å²) in [6, 6.07) is 0.584. The number of nitrogens with one attached hydrogen (secondary N) is 1. The minimum absolute atomic E-state index is 0.514. The fourth-order valence-corrected chi connectivity index (χ4v) is 2.51. The quantitative estimate of drug-likeness (QED) is 0.701. The molecule has 0 unspecified atom stereocenters. The highest BCUT2D eigenvalue weighted by Gasteiger charge is 2.18. The van der Waals surface area contributed by atoms with Crippen LogP contribution in [0.1, 0.15) is 52.4 Å². The van der Waals surface area contributed by atoms with Gasteiger partial charge < -0.3 is 10.4 Å². The first-order chi connectivity index (χ1) is 8.17. The van der Waals surface area contributed by atoms with Crippen LogP contribution in [0.3, 0.4) is 0 Å². The summed E-state index contributed by atoms with van der Waals surface area (Å²) < 4.78 is 0. The van der Waals surface area contributed by atoms with E-state index >= 15 is 0 Å². The van der Waals surface area contributed by atoms with Crippen molar-refractivity contribution in [3.63, 3.8) is 0 Å². The van der Waals surface area contributed by atoms with Gasteiger partial charge in [-0.3, -0.25) is 0 Å². The smallest absolute Gasteiger partial charge is 0.331 e. The number of rotatable bonds is 6. The van der Waals surface area contributed by atoms with Crippen LogP contribution in [-0.4, -0.2) is 23.7 Å². The number of carboxylic acids is 1. The van der Waals surface area contributed by atoms with Gasteiger partial charge in [0.15, 0.2) is 0 Å². The molecule has 0 aliphatic heterocycles. The maximum absolute atomic E-state index is 10.8. The van der Waals surface area contributed by atoms with Gasteiger partial charge in [0.05, 0.1) is 0 Å². The number of carboxylic acid groups (broad SMARTS) is 1. The van der Waals surface area contributed by atoms with Gasteiger partial charge in [-0.2, -0.15) is 0 Å². The van der Waals surface area contributed by atoms with E-state index in [4.69, 9.17) is 5.11 Å². The summed E-state index contributed by atoms with van der Waals surface area (Å²) >= 11 is 0. The third kappa shape index (κ3) is 4.90. The molecule has 0 bridgehead atoms. The van der Waals surface area contributed by atoms with Gasteiger partial charge in [0.2, 0.25) is 0 Å². The third-order valence-electron chi connectivity index (χ3n) is 3.83. The Morgan fingerprint density at radius 3 is 2.41 bits per heavy atom. The molecular weight excluding hydrogens is 214 g/mol. The molecule has 1 aliphatic rings. The van der Waals surface area contributed by atoms with Gasteiger partial charge in [0.1, 0.15) is 0 Å². The van der Waals surface area contributed by atoms with Crippen molar-refractivity contribution in [2.75, 3.05) is 6.54 Å². The molecule has 0 aromatic heterocycles. The summed E-state index contributed by atoms with van der Waals surface area (Å²) in [5.74, 6) is 0.123. The predicted molar refractivity (Wildman–Crippen MR) is 70.0 cm³/mol. The number of hydrogen-bond acceptors (Lipinski definition) is 2. The zero-order valence-corrected chi connectivity index (χ0v) is 11.0. The van der Waals surface area contributed by atoms with Crippen LogP contribution in [0, 0.1) is 5.92 Å². The van der Waals surface area contributed by atoms with E-state index < -0.39 is 5.97 Å². The van der Waals surface area contributed by atoms with Crippen molar-refractivity contribution in [2.24, 2.45) is 5.92 Å². The van der Waals surface area contributed by atoms with Gasteiger partial charge in [-0.05, 0) is 38.0 Å². The van der Waals surface area contributed by atoms with Crippen LogP contribution < -0.4 is 5.32 Å². The first kappa shape index (κ1) is 14.2. The Kier molecular flexibility index (Phi) is 6.27. The normalized spacial score (nSPS) is 25.9. The van der Waals surface area contributed by atoms with Crippen molar-refractivity contribution in [3.05, 3.63) is 11.6 Å². The van der Waals surface area contributed by atoms with Crippen molar-refractivity contribution < 1.29 is 9.90 Å². The Bertz CT molecular complexity index is 265. The number of aliphatic carboxylic acids is 1. The molecule has 1 rings (SSSR count). The van der Waals surface area contributed by atoms with Crippen LogP contribution in [0.15, 0.2) is 11.6 Å². The molecule has 3 nitrogen and oxygen atoms in total. The van der Waals surface area contributed by atoms with Crippen LogP contribution in [0.4, 0.5) is 0 Å². The lowest BCUT2D eigenvalue weighted by Gasteiger charge is -2.28. The van der Waals surface area contributed by atoms with E-state index in [0.717, 1.165) is 5.92 Å². The maximum atomic E-state index is 10.8. The largest absolute Gasteiger partial charge is 0.478 e. The summed E-state index contributed by atoms with van der Waals surface area (Å²) in [5, 5.41) is 12.3. The van der Waals surface area contributed by atoms with Gasteiger partial charge in [-0.25, -0.2) is 4.79 Å². The molecule has 0 aromatic rings. The average Bonchev–Trinajstić information content (AvgIpc) is 2.35. The summed E-state index contributed by atoms with van der Waals surface area (Å²) in [6.45, 7) is 4.84. The van der Waals surface area contributed by atoms with Gasteiger partial charge in [0.25, 0.3) is 0 Å². The standard InChI is InChI=1S/C14H25NO2/c1-3-11-5-7-13(8-6-11)15-10-9-12(4-2)14(16)17/h9,11,13,15H,3-8,10H2,1-2H3,(H,16,17)/b12-9-. The summed E-state index contributed by atoms with van der Waals surface area (Å²) in [6.07, 6.45) is 8.82. The molecule has 0 aromatic carbocycles. The zero-order valence-electron chi connectivity index (χ0n) is 11.0. The summed E-state index contributed by atoms with van der Waals surface area (Å²) in [7, 11) is 0. The molecule has 3 heteroatoms. The van der Waals surface area contributed by atoms with E-state index in [1.54, 1.807) is 0 Å². The van der Waals surface area contributed by atoms with Gasteiger partial charge >= 0.3 is 5.97 Å². The molecule has 2 N–H and O–H groups in total. The third-order valence-corrected chi connectivity index (χ3v) is 3.83. The van der Waals surface area contributed by atoms with E-state index in [-0.39, 0.29) is 0 Å². The van der Waals surface area contributed by atoms with Crippen molar-refractivity contribution in [1.29, 1.82) is 0 Å². The summed E-state index contributed by atoms with van der Waals surface area (Å²) in [4.78, 5) is 10.8. The lowest BCUT2D eigenvalue weighted by molar-refractivity contribution is -0.132. The molecule has 17 heavy (non-hydrogen) atoms. The highest BCUT2D eigenvalue weighted by Crippen LogP contribution is 2.26. The van der Waals surface area contributed by atoms with Crippen LogP contribution in [0.25, 0.3) is 0 Å². The second-order valence-corrected chi connectivity index (χ2v) is 4.92. The van der Waals surface area contributed by atoms with E-state index in [9.17, 15) is 4.79 Å². The minimum Gasteiger partial charge on any atom is -0.478 e. The van der Waals surface area contributed by atoms with Crippen LogP contribution in [0.2, 0.25) is 0 Å². The zero-order chi connectivity index (χ0) is 12.7. The molecule has 0 radical (unpaired) electrons. The molecule has 0 amide bonds. The first-order valence-electron chi connectivity index (χ1n) is 6.83. The summed E-state index contributed by atoms with van der Waals surface area (Å²) in [5.41, 5.74) is 0.514. The lowest BCUT2D eigenvalue weighted by atomic mass is 9.84. The van der Waals surface area contributed by atoms with Crippen LogP contribution >= 0.6 is 0 Å². The molecule has 1 saturated carbocycles.